The van der Waals surface area contributed by atoms with E-state index in [1.807, 2.05) is 6.07 Å². The average Bonchev–Trinajstić information content (AvgIpc) is 3.17. The van der Waals surface area contributed by atoms with Gasteiger partial charge >= 0.3 is 0 Å². The largest absolute Gasteiger partial charge is 0.508 e. The molecule has 1 atom stereocenters. The molecule has 0 amide bonds. The Labute approximate surface area is 156 Å². The Morgan fingerprint density at radius 3 is 2.85 bits per heavy atom. The van der Waals surface area contributed by atoms with Crippen LogP contribution in [0.2, 0.25) is 0 Å². The van der Waals surface area contributed by atoms with E-state index in [9.17, 15) is 14.3 Å². The van der Waals surface area contributed by atoms with Crippen LogP contribution in [0.3, 0.4) is 0 Å². The van der Waals surface area contributed by atoms with Crippen LogP contribution < -0.4 is 5.56 Å². The fourth-order valence-electron chi connectivity index (χ4n) is 2.78. The number of aromatic amines is 1. The van der Waals surface area contributed by atoms with Gasteiger partial charge in [-0.2, -0.15) is 0 Å². The monoisotopic (exact) mass is 360 g/mol. The number of phenolic OH excluding ortho intramolecular Hbond substituents is 1. The molecule has 2 N–H and O–H groups in total. The standard InChI is InChI=1S/C22H17FN2O2/c1-25-13-5-8-19(22(25)27)18(20-14-17(23)9-10-21(20)26)7-4-2-3-6-16-11-12-24-15-16/h5,8-15,18,24,26H,7H2,1H3. The number of H-pyrrole nitrogens is 1. The van der Waals surface area contributed by atoms with E-state index in [0.717, 1.165) is 5.56 Å². The van der Waals surface area contributed by atoms with Crippen molar-refractivity contribution in [3.05, 3.63) is 87.9 Å². The molecule has 2 heterocycles. The summed E-state index contributed by atoms with van der Waals surface area (Å²) in [6, 6.07) is 8.93. The van der Waals surface area contributed by atoms with E-state index in [-0.39, 0.29) is 17.7 Å². The lowest BCUT2D eigenvalue weighted by Gasteiger charge is -2.16. The summed E-state index contributed by atoms with van der Waals surface area (Å²) >= 11 is 0. The van der Waals surface area contributed by atoms with E-state index in [4.69, 9.17) is 0 Å². The fourth-order valence-corrected chi connectivity index (χ4v) is 2.78. The van der Waals surface area contributed by atoms with Crippen LogP contribution in [0.4, 0.5) is 4.39 Å². The van der Waals surface area contributed by atoms with Crippen molar-refractivity contribution in [2.24, 2.45) is 7.05 Å². The summed E-state index contributed by atoms with van der Waals surface area (Å²) < 4.78 is 15.2. The number of nitrogens with zero attached hydrogens (tertiary/aromatic N) is 1. The molecular weight excluding hydrogens is 343 g/mol. The molecule has 0 fully saturated rings. The Balaban J connectivity index is 1.97. The summed E-state index contributed by atoms with van der Waals surface area (Å²) in [5.41, 5.74) is 1.37. The second kappa shape index (κ2) is 8.12. The minimum Gasteiger partial charge on any atom is -0.508 e. The van der Waals surface area contributed by atoms with Crippen LogP contribution in [0.5, 0.6) is 5.75 Å². The number of pyridine rings is 1. The zero-order chi connectivity index (χ0) is 19.2. The lowest BCUT2D eigenvalue weighted by atomic mass is 9.88. The van der Waals surface area contributed by atoms with Crippen molar-refractivity contribution in [1.29, 1.82) is 0 Å². The number of benzene rings is 1. The molecule has 134 valence electrons. The molecule has 1 unspecified atom stereocenters. The molecular formula is C22H17FN2O2. The van der Waals surface area contributed by atoms with Crippen LogP contribution in [-0.4, -0.2) is 14.7 Å². The highest BCUT2D eigenvalue weighted by molar-refractivity contribution is 5.43. The highest BCUT2D eigenvalue weighted by Crippen LogP contribution is 2.32. The lowest BCUT2D eigenvalue weighted by Crippen LogP contribution is -2.23. The SMILES string of the molecule is Cn1cccc(C(CC#CC#Cc2cc[nH]c2)c2cc(F)ccc2O)c1=O. The number of aromatic nitrogens is 2. The maximum Gasteiger partial charge on any atom is 0.254 e. The van der Waals surface area contributed by atoms with Crippen LogP contribution in [0.1, 0.15) is 29.0 Å². The summed E-state index contributed by atoms with van der Waals surface area (Å²) in [7, 11) is 1.64. The van der Waals surface area contributed by atoms with E-state index >= 15 is 0 Å². The second-order valence-electron chi connectivity index (χ2n) is 5.99. The van der Waals surface area contributed by atoms with Crippen LogP contribution in [-0.2, 0) is 7.05 Å². The number of rotatable bonds is 3. The Morgan fingerprint density at radius 2 is 2.07 bits per heavy atom. The van der Waals surface area contributed by atoms with Gasteiger partial charge in [-0.25, -0.2) is 4.39 Å². The highest BCUT2D eigenvalue weighted by atomic mass is 19.1. The molecule has 0 saturated heterocycles. The first-order valence-corrected chi connectivity index (χ1v) is 8.32. The third-order valence-electron chi connectivity index (χ3n) is 4.16. The summed E-state index contributed by atoms with van der Waals surface area (Å²) in [6.07, 6.45) is 5.39. The molecule has 3 aromatic rings. The molecule has 0 radical (unpaired) electrons. The van der Waals surface area contributed by atoms with Gasteiger partial charge in [-0.3, -0.25) is 4.79 Å². The van der Waals surface area contributed by atoms with E-state index in [1.54, 1.807) is 37.8 Å². The lowest BCUT2D eigenvalue weighted by molar-refractivity contribution is 0.461. The number of halogens is 1. The summed E-state index contributed by atoms with van der Waals surface area (Å²) in [4.78, 5) is 15.4. The predicted octanol–water partition coefficient (Wildman–Crippen LogP) is 3.14. The van der Waals surface area contributed by atoms with Crippen LogP contribution in [0.25, 0.3) is 0 Å². The first kappa shape index (κ1) is 18.1. The molecule has 2 aromatic heterocycles. The zero-order valence-corrected chi connectivity index (χ0v) is 14.7. The Morgan fingerprint density at radius 1 is 1.22 bits per heavy atom. The van der Waals surface area contributed by atoms with Crippen molar-refractivity contribution < 1.29 is 9.50 Å². The molecule has 5 heteroatoms. The van der Waals surface area contributed by atoms with Crippen LogP contribution in [0.15, 0.2) is 59.8 Å². The molecule has 0 aliphatic heterocycles. The number of hydrogen-bond donors (Lipinski definition) is 2. The third kappa shape index (κ3) is 4.29. The van der Waals surface area contributed by atoms with Gasteiger partial charge in [-0.1, -0.05) is 17.9 Å². The summed E-state index contributed by atoms with van der Waals surface area (Å²) in [6.45, 7) is 0. The van der Waals surface area contributed by atoms with Gasteiger partial charge in [0.25, 0.3) is 5.56 Å². The second-order valence-corrected chi connectivity index (χ2v) is 5.99. The van der Waals surface area contributed by atoms with E-state index < -0.39 is 11.7 Å². The van der Waals surface area contributed by atoms with Gasteiger partial charge < -0.3 is 14.7 Å². The number of phenols is 1. The topological polar surface area (TPSA) is 58.0 Å². The quantitative estimate of drug-likeness (QED) is 0.705. The molecule has 0 aliphatic carbocycles. The maximum absolute atomic E-state index is 13.7. The average molecular weight is 360 g/mol. The van der Waals surface area contributed by atoms with Crippen molar-refractivity contribution in [2.45, 2.75) is 12.3 Å². The molecule has 27 heavy (non-hydrogen) atoms. The third-order valence-corrected chi connectivity index (χ3v) is 4.16. The number of aryl methyl sites for hydroxylation is 1. The molecule has 1 aromatic carbocycles. The van der Waals surface area contributed by atoms with Crippen molar-refractivity contribution >= 4 is 0 Å². The van der Waals surface area contributed by atoms with Crippen LogP contribution in [0, 0.1) is 29.5 Å². The van der Waals surface area contributed by atoms with Gasteiger partial charge in [0, 0.05) is 54.7 Å². The predicted molar refractivity (Wildman–Crippen MR) is 102 cm³/mol. The molecule has 0 bridgehead atoms. The first-order chi connectivity index (χ1) is 13.1. The number of aromatic hydroxyl groups is 1. The Kier molecular flexibility index (Phi) is 5.44. The van der Waals surface area contributed by atoms with Gasteiger partial charge in [-0.05, 0) is 42.2 Å². The molecule has 4 nitrogen and oxygen atoms in total. The molecule has 3 rings (SSSR count). The van der Waals surface area contributed by atoms with Crippen molar-refractivity contribution in [1.82, 2.24) is 9.55 Å². The minimum atomic E-state index is -0.567. The number of hydrogen-bond acceptors (Lipinski definition) is 2. The normalized spacial score (nSPS) is 11.0. The highest BCUT2D eigenvalue weighted by Gasteiger charge is 2.21. The molecule has 0 spiro atoms. The van der Waals surface area contributed by atoms with Gasteiger partial charge in [0.2, 0.25) is 0 Å². The van der Waals surface area contributed by atoms with Gasteiger partial charge in [0.1, 0.15) is 11.6 Å². The molecule has 0 saturated carbocycles. The van der Waals surface area contributed by atoms with Gasteiger partial charge in [-0.15, -0.1) is 0 Å². The summed E-state index contributed by atoms with van der Waals surface area (Å²) in [5.74, 6) is 10.2. The van der Waals surface area contributed by atoms with Crippen LogP contribution >= 0.6 is 0 Å². The minimum absolute atomic E-state index is 0.0764. The van der Waals surface area contributed by atoms with Crippen molar-refractivity contribution in [2.75, 3.05) is 0 Å². The van der Waals surface area contributed by atoms with Crippen molar-refractivity contribution in [3.63, 3.8) is 0 Å². The Hall–Kier alpha value is -3.70. The smallest absolute Gasteiger partial charge is 0.254 e. The van der Waals surface area contributed by atoms with E-state index in [2.05, 4.69) is 28.7 Å². The van der Waals surface area contributed by atoms with Crippen molar-refractivity contribution in [3.8, 4) is 29.4 Å². The number of nitrogens with one attached hydrogen (secondary N) is 1. The fraction of sp³-hybridized carbons (Fsp3) is 0.136. The molecule has 0 aliphatic rings. The zero-order valence-electron chi connectivity index (χ0n) is 14.7. The van der Waals surface area contributed by atoms with Gasteiger partial charge in [0.15, 0.2) is 0 Å². The maximum atomic E-state index is 13.7. The van der Waals surface area contributed by atoms with E-state index in [0.29, 0.717) is 11.1 Å². The summed E-state index contributed by atoms with van der Waals surface area (Å²) in [5, 5.41) is 10.2. The van der Waals surface area contributed by atoms with Gasteiger partial charge in [0.05, 0.1) is 0 Å². The first-order valence-electron chi connectivity index (χ1n) is 8.32. The van der Waals surface area contributed by atoms with E-state index in [1.165, 1.54) is 22.8 Å². The Bertz CT molecular complexity index is 1120.